The molecule has 12 heteroatoms. The second-order valence-corrected chi connectivity index (χ2v) is 4.68. The van der Waals surface area contributed by atoms with E-state index in [1.165, 1.54) is 13.8 Å². The third kappa shape index (κ3) is 13.6. The van der Waals surface area contributed by atoms with E-state index < -0.39 is 0 Å². The van der Waals surface area contributed by atoms with Gasteiger partial charge in [-0.25, -0.2) is 0 Å². The van der Waals surface area contributed by atoms with Crippen LogP contribution in [0.4, 0.5) is 0 Å². The van der Waals surface area contributed by atoms with E-state index in [2.05, 4.69) is 20.8 Å². The molecule has 1 aromatic rings. The molecule has 2 aliphatic rings. The van der Waals surface area contributed by atoms with Crippen LogP contribution in [0, 0.1) is 22.7 Å². The molecule has 10 nitrogen and oxygen atoms in total. The van der Waals surface area contributed by atoms with Gasteiger partial charge in [-0.1, -0.05) is 25.0 Å². The van der Waals surface area contributed by atoms with Crippen LogP contribution in [-0.2, 0) is 49.9 Å². The van der Waals surface area contributed by atoms with Gasteiger partial charge in [-0.15, -0.1) is 29.8 Å². The van der Waals surface area contributed by atoms with Crippen molar-refractivity contribution in [3.05, 3.63) is 46.9 Å². The van der Waals surface area contributed by atoms with Crippen LogP contribution in [0.3, 0.4) is 0 Å². The summed E-state index contributed by atoms with van der Waals surface area (Å²) < 4.78 is 5.74. The minimum Gasteiger partial charge on any atom is -0.693 e. The number of aromatic nitrogens is 2. The van der Waals surface area contributed by atoms with Crippen LogP contribution < -0.4 is 0 Å². The van der Waals surface area contributed by atoms with Gasteiger partial charge >= 0.3 is 39.0 Å². The zero-order valence-corrected chi connectivity index (χ0v) is 22.5. The fourth-order valence-electron chi connectivity index (χ4n) is 2.09. The van der Waals surface area contributed by atoms with Gasteiger partial charge in [0.05, 0.1) is 12.1 Å². The van der Waals surface area contributed by atoms with Crippen molar-refractivity contribution in [2.24, 2.45) is 0 Å². The van der Waals surface area contributed by atoms with Gasteiger partial charge in [0.2, 0.25) is 11.8 Å². The van der Waals surface area contributed by atoms with Gasteiger partial charge in [0.15, 0.2) is 0 Å². The summed E-state index contributed by atoms with van der Waals surface area (Å²) in [5, 5.41) is 31.3. The molecule has 0 saturated carbocycles. The SMILES string of the molecule is C1=CC(c2nnc(C3CC[N-]CC3)o2)=CC[N-]1.CC#N.CC#N.[NH2-].[OH3+].[OH3+].[Zn+2].[Zn+2]. The van der Waals surface area contributed by atoms with E-state index in [4.69, 9.17) is 14.9 Å². The van der Waals surface area contributed by atoms with E-state index in [1.54, 1.807) is 18.3 Å². The Morgan fingerprint density at radius 1 is 1.07 bits per heavy atom. The topological polar surface area (TPSA) is 214 Å². The van der Waals surface area contributed by atoms with Gasteiger partial charge in [0.1, 0.15) is 0 Å². The molecule has 0 atom stereocenters. The molecule has 146 valence electrons. The normalized spacial score (nSPS) is 13.4. The number of nitriles is 2. The smallest absolute Gasteiger partial charge is 0.693 e. The molecule has 0 aliphatic carbocycles. The molecule has 0 aromatic carbocycles. The summed E-state index contributed by atoms with van der Waals surface area (Å²) >= 11 is 0. The van der Waals surface area contributed by atoms with Gasteiger partial charge in [0.25, 0.3) is 0 Å². The van der Waals surface area contributed by atoms with Crippen molar-refractivity contribution in [3.63, 3.8) is 0 Å². The van der Waals surface area contributed by atoms with Crippen molar-refractivity contribution >= 4 is 5.57 Å². The standard InChI is InChI=1S/C12H14N4O.2C2H3N.H2N.2H2O.2Zn/c1-5-13-6-2-9(1)11-15-16-12(17-11)10-3-7-14-8-4-10;2*1-2-3;;;;;/h1-2,5,10H,3-4,6-8H2;2*1H3;3*1H2;;/q-2;;;-1;;;2*+2/p+2. The number of piperidine rings is 1. The maximum absolute atomic E-state index is 7.32. The maximum Gasteiger partial charge on any atom is 2.00 e. The van der Waals surface area contributed by atoms with Gasteiger partial charge in [-0.3, -0.25) is 0 Å². The largest absolute Gasteiger partial charge is 2.00 e. The summed E-state index contributed by atoms with van der Waals surface area (Å²) in [6.07, 6.45) is 7.71. The van der Waals surface area contributed by atoms with Gasteiger partial charge in [-0.2, -0.15) is 16.7 Å². The van der Waals surface area contributed by atoms with Crippen LogP contribution in [0.5, 0.6) is 0 Å². The minimum absolute atomic E-state index is 0. The number of hydrogen-bond acceptors (Lipinski definition) is 5. The van der Waals surface area contributed by atoms with Crippen LogP contribution in [0.2, 0.25) is 0 Å². The molecule has 2 aliphatic heterocycles. The fraction of sp³-hybridized carbons (Fsp3) is 0.500. The first-order valence-corrected chi connectivity index (χ1v) is 7.38. The van der Waals surface area contributed by atoms with Crippen LogP contribution in [0.15, 0.2) is 22.8 Å². The minimum atomic E-state index is 0. The molecule has 0 bridgehead atoms. The summed E-state index contributed by atoms with van der Waals surface area (Å²) in [6.45, 7) is 5.36. The quantitative estimate of drug-likeness (QED) is 0.443. The first-order valence-electron chi connectivity index (χ1n) is 7.38. The molecule has 0 radical (unpaired) electrons. The summed E-state index contributed by atoms with van der Waals surface area (Å²) in [5.74, 6) is 1.74. The molecule has 1 fully saturated rings. The second kappa shape index (κ2) is 23.5. The number of nitrogens with zero attached hydrogens (tertiary/aromatic N) is 6. The van der Waals surface area contributed by atoms with Gasteiger partial charge < -0.3 is 32.2 Å². The molecule has 3 heterocycles. The molecule has 3 rings (SSSR count). The predicted molar refractivity (Wildman–Crippen MR) is 102 cm³/mol. The first kappa shape index (κ1) is 37.3. The average Bonchev–Trinajstić information content (AvgIpc) is 3.08. The Bertz CT molecular complexity index is 606. The van der Waals surface area contributed by atoms with Crippen molar-refractivity contribution in [2.75, 3.05) is 19.6 Å². The average molecular weight is 497 g/mol. The molecule has 28 heavy (non-hydrogen) atoms. The van der Waals surface area contributed by atoms with E-state index in [9.17, 15) is 0 Å². The number of hydrogen-bond donors (Lipinski definition) is 0. The summed E-state index contributed by atoms with van der Waals surface area (Å²) in [6, 6.07) is 3.50. The molecule has 0 amide bonds. The van der Waals surface area contributed by atoms with Crippen molar-refractivity contribution in [1.29, 1.82) is 10.5 Å². The molecule has 8 N–H and O–H groups in total. The maximum atomic E-state index is 7.32. The number of allylic oxidation sites excluding steroid dienone is 2. The molecular formula is C16H28N7O3Zn2+3. The Morgan fingerprint density at radius 3 is 2.07 bits per heavy atom. The Morgan fingerprint density at radius 2 is 1.61 bits per heavy atom. The van der Waals surface area contributed by atoms with Crippen LogP contribution >= 0.6 is 0 Å². The summed E-state index contributed by atoms with van der Waals surface area (Å²) in [4.78, 5) is 0. The van der Waals surface area contributed by atoms with Crippen molar-refractivity contribution < 1.29 is 54.3 Å². The summed E-state index contributed by atoms with van der Waals surface area (Å²) in [5.41, 5.74) is 0.972. The zero-order chi connectivity index (χ0) is 16.9. The van der Waals surface area contributed by atoms with Crippen molar-refractivity contribution in [2.45, 2.75) is 32.6 Å². The Balaban J connectivity index is -0.000000145. The van der Waals surface area contributed by atoms with E-state index in [0.29, 0.717) is 18.4 Å². The Labute approximate surface area is 191 Å². The Hall–Kier alpha value is -1.51. The first-order chi connectivity index (χ1) is 11.3. The monoisotopic (exact) mass is 494 g/mol. The Kier molecular flexibility index (Phi) is 31.3. The van der Waals surface area contributed by atoms with E-state index in [1.807, 2.05) is 12.2 Å². The van der Waals surface area contributed by atoms with Crippen LogP contribution in [-0.4, -0.2) is 29.8 Å². The third-order valence-corrected chi connectivity index (χ3v) is 3.08. The van der Waals surface area contributed by atoms with Gasteiger partial charge in [-0.05, 0) is 0 Å². The van der Waals surface area contributed by atoms with E-state index >= 15 is 0 Å². The molecule has 0 unspecified atom stereocenters. The molecule has 1 saturated heterocycles. The predicted octanol–water partition coefficient (Wildman–Crippen LogP) is 2.53. The van der Waals surface area contributed by atoms with E-state index in [0.717, 1.165) is 37.4 Å². The van der Waals surface area contributed by atoms with Crippen LogP contribution in [0.1, 0.15) is 44.4 Å². The third-order valence-electron chi connectivity index (χ3n) is 3.08. The van der Waals surface area contributed by atoms with Crippen molar-refractivity contribution in [1.82, 2.24) is 10.2 Å². The second-order valence-electron chi connectivity index (χ2n) is 4.68. The van der Waals surface area contributed by atoms with Crippen LogP contribution in [0.25, 0.3) is 22.4 Å². The number of nitrogens with two attached hydrogens (primary N) is 1. The van der Waals surface area contributed by atoms with Crippen molar-refractivity contribution in [3.8, 4) is 12.1 Å². The summed E-state index contributed by atoms with van der Waals surface area (Å²) in [7, 11) is 0. The van der Waals surface area contributed by atoms with E-state index in [-0.39, 0.29) is 56.1 Å². The zero-order valence-electron chi connectivity index (χ0n) is 16.6. The molecule has 1 aromatic heterocycles. The molecular weight excluding hydrogens is 469 g/mol. The van der Waals surface area contributed by atoms with Gasteiger partial charge in [0, 0.05) is 25.3 Å². The molecule has 0 spiro atoms. The fourth-order valence-corrected chi connectivity index (χ4v) is 2.09. The number of rotatable bonds is 2.